The van der Waals surface area contributed by atoms with Crippen LogP contribution in [0.5, 0.6) is 5.75 Å². The quantitative estimate of drug-likeness (QED) is 0.829. The number of nitrogens with zero attached hydrogens (tertiary/aromatic N) is 3. The van der Waals surface area contributed by atoms with E-state index in [1.54, 1.807) is 13.4 Å². The number of ether oxygens (including phenoxy) is 1. The highest BCUT2D eigenvalue weighted by molar-refractivity contribution is 7.99. The second-order valence-electron chi connectivity index (χ2n) is 4.82. The normalized spacial score (nSPS) is 14.0. The van der Waals surface area contributed by atoms with Gasteiger partial charge in [0.15, 0.2) is 5.16 Å². The molecule has 0 saturated carbocycles. The average molecular weight is 293 g/mol. The van der Waals surface area contributed by atoms with E-state index in [4.69, 9.17) is 4.74 Å². The summed E-state index contributed by atoms with van der Waals surface area (Å²) in [6.07, 6.45) is 2.37. The maximum absolute atomic E-state index is 10.1. The zero-order valence-corrected chi connectivity index (χ0v) is 12.7. The van der Waals surface area contributed by atoms with E-state index in [2.05, 4.69) is 10.2 Å². The van der Waals surface area contributed by atoms with Crippen LogP contribution in [-0.2, 0) is 0 Å². The molecule has 0 fully saturated rings. The Morgan fingerprint density at radius 3 is 2.95 bits per heavy atom. The second kappa shape index (κ2) is 6.28. The highest BCUT2D eigenvalue weighted by atomic mass is 32.2. The minimum atomic E-state index is -0.699. The molecule has 1 aromatic carbocycles. The molecule has 5 nitrogen and oxygen atoms in total. The third-order valence-electron chi connectivity index (χ3n) is 3.12. The van der Waals surface area contributed by atoms with E-state index in [0.29, 0.717) is 12.2 Å². The van der Waals surface area contributed by atoms with Gasteiger partial charge in [0.25, 0.3) is 0 Å². The zero-order chi connectivity index (χ0) is 14.6. The number of aliphatic hydroxyl groups is 1. The Balaban J connectivity index is 2.19. The average Bonchev–Trinajstić information content (AvgIpc) is 2.94. The van der Waals surface area contributed by atoms with Crippen LogP contribution in [0.3, 0.4) is 0 Å². The lowest BCUT2D eigenvalue weighted by Gasteiger charge is -2.20. The highest BCUT2D eigenvalue weighted by Gasteiger charge is 2.19. The topological polar surface area (TPSA) is 60.2 Å². The molecule has 1 heterocycles. The van der Waals surface area contributed by atoms with Crippen LogP contribution in [0.1, 0.15) is 20.3 Å². The fourth-order valence-electron chi connectivity index (χ4n) is 1.58. The summed E-state index contributed by atoms with van der Waals surface area (Å²) in [6.45, 7) is 3.79. The van der Waals surface area contributed by atoms with Crippen molar-refractivity contribution in [1.82, 2.24) is 14.8 Å². The molecule has 0 spiro atoms. The maximum Gasteiger partial charge on any atom is 0.195 e. The molecule has 108 valence electrons. The monoisotopic (exact) mass is 293 g/mol. The molecule has 0 aliphatic rings. The van der Waals surface area contributed by atoms with Crippen molar-refractivity contribution in [2.45, 2.75) is 31.0 Å². The van der Waals surface area contributed by atoms with E-state index in [-0.39, 0.29) is 0 Å². The molecule has 1 unspecified atom stereocenters. The first-order chi connectivity index (χ1) is 9.55. The molecule has 1 atom stereocenters. The Kier molecular flexibility index (Phi) is 4.67. The summed E-state index contributed by atoms with van der Waals surface area (Å²) < 4.78 is 7.11. The van der Waals surface area contributed by atoms with Crippen molar-refractivity contribution >= 4 is 11.8 Å². The number of methoxy groups -OCH3 is 1. The number of rotatable bonds is 6. The maximum atomic E-state index is 10.1. The van der Waals surface area contributed by atoms with Crippen molar-refractivity contribution in [3.63, 3.8) is 0 Å². The van der Waals surface area contributed by atoms with Crippen LogP contribution in [0.25, 0.3) is 5.69 Å². The van der Waals surface area contributed by atoms with Gasteiger partial charge in [0.1, 0.15) is 12.1 Å². The predicted octanol–water partition coefficient (Wildman–Crippen LogP) is 2.53. The summed E-state index contributed by atoms with van der Waals surface area (Å²) in [7, 11) is 1.64. The van der Waals surface area contributed by atoms with Crippen LogP contribution >= 0.6 is 11.8 Å². The van der Waals surface area contributed by atoms with Crippen LogP contribution in [0, 0.1) is 0 Å². The lowest BCUT2D eigenvalue weighted by Crippen LogP contribution is -2.26. The van der Waals surface area contributed by atoms with Crippen molar-refractivity contribution in [1.29, 1.82) is 0 Å². The summed E-state index contributed by atoms with van der Waals surface area (Å²) in [4.78, 5) is 0. The van der Waals surface area contributed by atoms with Crippen LogP contribution < -0.4 is 4.74 Å². The van der Waals surface area contributed by atoms with Crippen LogP contribution in [0.15, 0.2) is 35.7 Å². The van der Waals surface area contributed by atoms with Gasteiger partial charge in [-0.15, -0.1) is 10.2 Å². The number of benzene rings is 1. The van der Waals surface area contributed by atoms with Gasteiger partial charge in [-0.25, -0.2) is 0 Å². The smallest absolute Gasteiger partial charge is 0.195 e. The lowest BCUT2D eigenvalue weighted by molar-refractivity contribution is 0.0815. The Bertz CT molecular complexity index is 569. The molecule has 1 N–H and O–H groups in total. The third kappa shape index (κ3) is 3.52. The molecule has 0 saturated heterocycles. The van der Waals surface area contributed by atoms with E-state index in [9.17, 15) is 5.11 Å². The summed E-state index contributed by atoms with van der Waals surface area (Å²) >= 11 is 1.49. The molecular formula is C14H19N3O2S. The van der Waals surface area contributed by atoms with Crippen LogP contribution in [-0.4, -0.2) is 38.3 Å². The first-order valence-corrected chi connectivity index (χ1v) is 7.44. The van der Waals surface area contributed by atoms with Crippen molar-refractivity contribution < 1.29 is 9.84 Å². The first-order valence-electron chi connectivity index (χ1n) is 6.45. The van der Waals surface area contributed by atoms with Gasteiger partial charge in [0, 0.05) is 11.8 Å². The van der Waals surface area contributed by atoms with E-state index in [1.165, 1.54) is 11.8 Å². The Hall–Kier alpha value is -1.53. The SMILES string of the molecule is CCC(C)(O)CSc1nncn1-c1cccc(OC)c1. The molecule has 0 amide bonds. The molecule has 2 aromatic rings. The highest BCUT2D eigenvalue weighted by Crippen LogP contribution is 2.26. The molecule has 20 heavy (non-hydrogen) atoms. The van der Waals surface area contributed by atoms with Gasteiger partial charge in [-0.3, -0.25) is 4.57 Å². The minimum Gasteiger partial charge on any atom is -0.497 e. The summed E-state index contributed by atoms with van der Waals surface area (Å²) in [5, 5.41) is 18.9. The lowest BCUT2D eigenvalue weighted by atomic mass is 10.1. The van der Waals surface area contributed by atoms with Gasteiger partial charge in [0.05, 0.1) is 18.4 Å². The summed E-state index contributed by atoms with van der Waals surface area (Å²) in [5.74, 6) is 1.36. The number of thioether (sulfide) groups is 1. The van der Waals surface area contributed by atoms with E-state index < -0.39 is 5.60 Å². The zero-order valence-electron chi connectivity index (χ0n) is 11.9. The van der Waals surface area contributed by atoms with Crippen LogP contribution in [0.4, 0.5) is 0 Å². The molecule has 2 rings (SSSR count). The van der Waals surface area contributed by atoms with Gasteiger partial charge in [-0.05, 0) is 25.5 Å². The molecule has 0 aliphatic carbocycles. The molecule has 0 radical (unpaired) electrons. The number of hydrogen-bond donors (Lipinski definition) is 1. The van der Waals surface area contributed by atoms with E-state index in [0.717, 1.165) is 16.6 Å². The molecule has 6 heteroatoms. The first kappa shape index (κ1) is 14.9. The van der Waals surface area contributed by atoms with Gasteiger partial charge in [-0.1, -0.05) is 24.8 Å². The molecule has 0 aliphatic heterocycles. The molecule has 0 bridgehead atoms. The fourth-order valence-corrected chi connectivity index (χ4v) is 2.62. The Morgan fingerprint density at radius 2 is 2.25 bits per heavy atom. The van der Waals surface area contributed by atoms with Crippen molar-refractivity contribution in [3.8, 4) is 11.4 Å². The van der Waals surface area contributed by atoms with Gasteiger partial charge >= 0.3 is 0 Å². The fraction of sp³-hybridized carbons (Fsp3) is 0.429. The molecular weight excluding hydrogens is 274 g/mol. The van der Waals surface area contributed by atoms with Gasteiger partial charge in [-0.2, -0.15) is 0 Å². The van der Waals surface area contributed by atoms with Gasteiger partial charge < -0.3 is 9.84 Å². The second-order valence-corrected chi connectivity index (χ2v) is 5.77. The summed E-state index contributed by atoms with van der Waals surface area (Å²) in [5.41, 5.74) is 0.239. The van der Waals surface area contributed by atoms with E-state index in [1.807, 2.05) is 42.7 Å². The largest absolute Gasteiger partial charge is 0.497 e. The number of hydrogen-bond acceptors (Lipinski definition) is 5. The Morgan fingerprint density at radius 1 is 1.45 bits per heavy atom. The van der Waals surface area contributed by atoms with Crippen molar-refractivity contribution in [2.24, 2.45) is 0 Å². The van der Waals surface area contributed by atoms with Crippen molar-refractivity contribution in [2.75, 3.05) is 12.9 Å². The van der Waals surface area contributed by atoms with Crippen molar-refractivity contribution in [3.05, 3.63) is 30.6 Å². The van der Waals surface area contributed by atoms with Gasteiger partial charge in [0.2, 0.25) is 0 Å². The third-order valence-corrected chi connectivity index (χ3v) is 4.42. The predicted molar refractivity (Wildman–Crippen MR) is 79.5 cm³/mol. The minimum absolute atomic E-state index is 0.576. The number of aromatic nitrogens is 3. The standard InChI is InChI=1S/C14H19N3O2S/c1-4-14(2,18)9-20-13-16-15-10-17(13)11-6-5-7-12(8-11)19-3/h5-8,10,18H,4,9H2,1-3H3. The van der Waals surface area contributed by atoms with Crippen LogP contribution in [0.2, 0.25) is 0 Å². The molecule has 1 aromatic heterocycles. The Labute approximate surface area is 123 Å². The summed E-state index contributed by atoms with van der Waals surface area (Å²) in [6, 6.07) is 7.70. The van der Waals surface area contributed by atoms with E-state index >= 15 is 0 Å².